The predicted octanol–water partition coefficient (Wildman–Crippen LogP) is 8.60. The molecule has 0 atom stereocenters. The van der Waals surface area contributed by atoms with E-state index in [1.165, 1.54) is 63.4 Å². The summed E-state index contributed by atoms with van der Waals surface area (Å²) in [5.41, 5.74) is 7.37. The largest absolute Gasteiger partial charge is 0.497 e. The van der Waals surface area contributed by atoms with Gasteiger partial charge in [0.2, 0.25) is 0 Å². The van der Waals surface area contributed by atoms with E-state index in [-0.39, 0.29) is 7.43 Å². The molecule has 0 radical (unpaired) electrons. The smallest absolute Gasteiger partial charge is 0.150 e. The molecule has 0 saturated carbocycles. The van der Waals surface area contributed by atoms with Crippen molar-refractivity contribution in [3.05, 3.63) is 85.0 Å². The van der Waals surface area contributed by atoms with Crippen molar-refractivity contribution >= 4 is 6.29 Å². The number of hydrogen-bond donors (Lipinski definition) is 1. The number of allylic oxidation sites excluding steroid dienone is 2. The molecule has 0 spiro atoms. The Bertz CT molecular complexity index is 754. The normalized spacial score (nSPS) is 9.31. The Balaban J connectivity index is 0. The van der Waals surface area contributed by atoms with Crippen molar-refractivity contribution in [1.29, 1.82) is 0 Å². The van der Waals surface area contributed by atoms with Crippen LogP contribution in [0.1, 0.15) is 87.6 Å². The Morgan fingerprint density at radius 2 is 1.14 bits per heavy atom. The van der Waals surface area contributed by atoms with Crippen LogP contribution in [-0.4, -0.2) is 27.1 Å². The third kappa shape index (κ3) is 20.5. The lowest BCUT2D eigenvalue weighted by atomic mass is 10.0. The molecule has 4 heteroatoms. The zero-order valence-corrected chi connectivity index (χ0v) is 22.1. The van der Waals surface area contributed by atoms with E-state index in [2.05, 4.69) is 25.3 Å². The molecule has 2 rings (SSSR count). The molecule has 0 aliphatic heterocycles. The molecule has 2 aromatic rings. The third-order valence-corrected chi connectivity index (χ3v) is 5.40. The highest BCUT2D eigenvalue weighted by Gasteiger charge is 1.95. The monoisotopic (exact) mass is 497 g/mol. The van der Waals surface area contributed by atoms with Crippen molar-refractivity contribution in [2.75, 3.05) is 20.8 Å². The number of aldehydes is 1. The van der Waals surface area contributed by atoms with Gasteiger partial charge in [0.25, 0.3) is 0 Å². The molecule has 0 fully saturated rings. The first-order valence-electron chi connectivity index (χ1n) is 12.8. The van der Waals surface area contributed by atoms with E-state index >= 15 is 0 Å². The first kappa shape index (κ1) is 35.3. The standard InChI is InChI=1S/C16H24O.C8H8O2.C7H15N.CH4/c1-3-4-5-6-7-8-9-10-15-11-13-16(17-2)14-12-15;1-10-8-4-2-7(6-9)3-5-8;1-2-3-4-5-6-7-8;/h3,11-14H,1,4-10H2,2H3;2-6H,1H3;2H,1,3-8H2;1H4. The molecule has 202 valence electrons. The quantitative estimate of drug-likeness (QED) is 0.143. The summed E-state index contributed by atoms with van der Waals surface area (Å²) in [6.07, 6.45) is 18.5. The van der Waals surface area contributed by atoms with Crippen LogP contribution in [0, 0.1) is 0 Å². The zero-order chi connectivity index (χ0) is 26.0. The van der Waals surface area contributed by atoms with Gasteiger partial charge in [-0.2, -0.15) is 0 Å². The van der Waals surface area contributed by atoms with Crippen LogP contribution in [0.2, 0.25) is 0 Å². The SMILES string of the molecule is C.C=CCCCCCCCc1ccc(OC)cc1.C=CCCCCCN.COc1ccc(C=O)cc1. The maximum Gasteiger partial charge on any atom is 0.150 e. The van der Waals surface area contributed by atoms with Gasteiger partial charge in [-0.25, -0.2) is 0 Å². The Hall–Kier alpha value is -2.85. The molecule has 0 unspecified atom stereocenters. The zero-order valence-electron chi connectivity index (χ0n) is 22.1. The summed E-state index contributed by atoms with van der Waals surface area (Å²) < 4.78 is 10.0. The average molecular weight is 498 g/mol. The topological polar surface area (TPSA) is 61.6 Å². The number of ether oxygens (including phenoxy) is 2. The maximum atomic E-state index is 10.2. The molecular weight excluding hydrogens is 446 g/mol. The van der Waals surface area contributed by atoms with Crippen molar-refractivity contribution in [3.63, 3.8) is 0 Å². The van der Waals surface area contributed by atoms with E-state index in [1.54, 1.807) is 38.5 Å². The molecular formula is C32H51NO3. The summed E-state index contributed by atoms with van der Waals surface area (Å²) in [7, 11) is 3.30. The van der Waals surface area contributed by atoms with Gasteiger partial charge in [0, 0.05) is 5.56 Å². The second-order valence-electron chi connectivity index (χ2n) is 8.26. The summed E-state index contributed by atoms with van der Waals surface area (Å²) >= 11 is 0. The average Bonchev–Trinajstić information content (AvgIpc) is 2.92. The highest BCUT2D eigenvalue weighted by molar-refractivity contribution is 5.74. The number of unbranched alkanes of at least 4 members (excludes halogenated alkanes) is 8. The Labute approximate surface area is 221 Å². The van der Waals surface area contributed by atoms with Gasteiger partial charge in [-0.05, 0) is 93.5 Å². The lowest BCUT2D eigenvalue weighted by Gasteiger charge is -2.03. The molecule has 0 aromatic heterocycles. The molecule has 4 nitrogen and oxygen atoms in total. The minimum absolute atomic E-state index is 0. The molecule has 0 saturated heterocycles. The molecule has 0 heterocycles. The predicted molar refractivity (Wildman–Crippen MR) is 157 cm³/mol. The first-order chi connectivity index (χ1) is 17.1. The van der Waals surface area contributed by atoms with E-state index in [0.717, 1.165) is 37.2 Å². The van der Waals surface area contributed by atoms with Gasteiger partial charge in [0.1, 0.15) is 17.8 Å². The Kier molecular flexibility index (Phi) is 26.2. The fraction of sp³-hybridized carbons (Fsp3) is 0.469. The second-order valence-corrected chi connectivity index (χ2v) is 8.26. The molecule has 0 amide bonds. The van der Waals surface area contributed by atoms with E-state index in [4.69, 9.17) is 15.2 Å². The van der Waals surface area contributed by atoms with E-state index < -0.39 is 0 Å². The summed E-state index contributed by atoms with van der Waals surface area (Å²) in [4.78, 5) is 10.2. The van der Waals surface area contributed by atoms with Crippen molar-refractivity contribution in [1.82, 2.24) is 0 Å². The van der Waals surface area contributed by atoms with E-state index in [9.17, 15) is 4.79 Å². The number of carbonyl (C=O) groups excluding carboxylic acids is 1. The first-order valence-corrected chi connectivity index (χ1v) is 12.8. The molecule has 2 aromatic carbocycles. The number of hydrogen-bond acceptors (Lipinski definition) is 4. The van der Waals surface area contributed by atoms with Crippen LogP contribution in [-0.2, 0) is 6.42 Å². The van der Waals surface area contributed by atoms with Gasteiger partial charge < -0.3 is 15.2 Å². The molecule has 0 aliphatic rings. The van der Waals surface area contributed by atoms with Crippen LogP contribution in [0.5, 0.6) is 11.5 Å². The fourth-order valence-corrected chi connectivity index (χ4v) is 3.23. The highest BCUT2D eigenvalue weighted by atomic mass is 16.5. The highest BCUT2D eigenvalue weighted by Crippen LogP contribution is 2.14. The van der Waals surface area contributed by atoms with Crippen LogP contribution in [0.4, 0.5) is 0 Å². The van der Waals surface area contributed by atoms with Crippen LogP contribution in [0.15, 0.2) is 73.8 Å². The van der Waals surface area contributed by atoms with Gasteiger partial charge in [-0.1, -0.05) is 57.4 Å². The summed E-state index contributed by atoms with van der Waals surface area (Å²) in [6, 6.07) is 15.3. The fourth-order valence-electron chi connectivity index (χ4n) is 3.23. The van der Waals surface area contributed by atoms with Crippen molar-refractivity contribution in [2.45, 2.75) is 78.1 Å². The molecule has 36 heavy (non-hydrogen) atoms. The lowest BCUT2D eigenvalue weighted by Crippen LogP contribution is -1.97. The minimum atomic E-state index is 0. The van der Waals surface area contributed by atoms with Gasteiger partial charge in [-0.3, -0.25) is 4.79 Å². The molecule has 0 bridgehead atoms. The van der Waals surface area contributed by atoms with Crippen LogP contribution in [0.3, 0.4) is 0 Å². The molecule has 2 N–H and O–H groups in total. The Morgan fingerprint density at radius 1 is 0.694 bits per heavy atom. The minimum Gasteiger partial charge on any atom is -0.497 e. The van der Waals surface area contributed by atoms with E-state index in [1.807, 2.05) is 24.3 Å². The van der Waals surface area contributed by atoms with Crippen LogP contribution < -0.4 is 15.2 Å². The number of carbonyl (C=O) groups is 1. The van der Waals surface area contributed by atoms with Crippen LogP contribution in [0.25, 0.3) is 0 Å². The number of nitrogens with two attached hydrogens (primary N) is 1. The van der Waals surface area contributed by atoms with Gasteiger partial charge >= 0.3 is 0 Å². The van der Waals surface area contributed by atoms with Gasteiger partial charge in [0.15, 0.2) is 0 Å². The lowest BCUT2D eigenvalue weighted by molar-refractivity contribution is 0.112. The van der Waals surface area contributed by atoms with Crippen LogP contribution >= 0.6 is 0 Å². The van der Waals surface area contributed by atoms with Crippen molar-refractivity contribution in [3.8, 4) is 11.5 Å². The van der Waals surface area contributed by atoms with Gasteiger partial charge in [0.05, 0.1) is 14.2 Å². The van der Waals surface area contributed by atoms with Crippen molar-refractivity contribution in [2.24, 2.45) is 5.73 Å². The summed E-state index contributed by atoms with van der Waals surface area (Å²) in [5, 5.41) is 0. The maximum absolute atomic E-state index is 10.2. The summed E-state index contributed by atoms with van der Waals surface area (Å²) in [5.74, 6) is 1.71. The number of benzene rings is 2. The number of aryl methyl sites for hydroxylation is 1. The number of methoxy groups -OCH3 is 2. The van der Waals surface area contributed by atoms with Gasteiger partial charge in [-0.15, -0.1) is 13.2 Å². The second kappa shape index (κ2) is 26.7. The molecule has 0 aliphatic carbocycles. The number of rotatable bonds is 16. The van der Waals surface area contributed by atoms with Crippen molar-refractivity contribution < 1.29 is 14.3 Å². The third-order valence-electron chi connectivity index (χ3n) is 5.40. The van der Waals surface area contributed by atoms with E-state index in [0.29, 0.717) is 5.56 Å². The summed E-state index contributed by atoms with van der Waals surface area (Å²) in [6.45, 7) is 8.20. The Morgan fingerprint density at radius 3 is 1.58 bits per heavy atom.